The van der Waals surface area contributed by atoms with Gasteiger partial charge < -0.3 is 18.9 Å². The summed E-state index contributed by atoms with van der Waals surface area (Å²) in [6.45, 7) is 6.57. The number of hydrogen-bond acceptors (Lipinski definition) is 4. The summed E-state index contributed by atoms with van der Waals surface area (Å²) >= 11 is 0. The standard InChI is InChI=1S/C23H34F2O4/c1-3-5-7-16-12-26-20(27-13-16)11-8-17-14-28-23(29-15-17)19-10-9-18(6-4-2)21(24)22(19)25/h9-10,16-17,20,23H,3-8,11-15H2,1-2H3. The van der Waals surface area contributed by atoms with Gasteiger partial charge in [0.05, 0.1) is 26.4 Å². The summed E-state index contributed by atoms with van der Waals surface area (Å²) in [5, 5.41) is 0. The highest BCUT2D eigenvalue weighted by Crippen LogP contribution is 2.31. The van der Waals surface area contributed by atoms with Crippen LogP contribution < -0.4 is 0 Å². The third-order valence-corrected chi connectivity index (χ3v) is 5.74. The van der Waals surface area contributed by atoms with Crippen molar-refractivity contribution in [1.82, 2.24) is 0 Å². The van der Waals surface area contributed by atoms with Gasteiger partial charge in [-0.1, -0.05) is 45.2 Å². The highest BCUT2D eigenvalue weighted by Gasteiger charge is 2.29. The maximum atomic E-state index is 14.4. The van der Waals surface area contributed by atoms with Crippen molar-refractivity contribution >= 4 is 0 Å². The van der Waals surface area contributed by atoms with Crippen LogP contribution in [-0.4, -0.2) is 32.7 Å². The fraction of sp³-hybridized carbons (Fsp3) is 0.739. The van der Waals surface area contributed by atoms with E-state index >= 15 is 0 Å². The lowest BCUT2D eigenvalue weighted by Gasteiger charge is -2.32. The molecule has 3 rings (SSSR count). The largest absolute Gasteiger partial charge is 0.352 e. The van der Waals surface area contributed by atoms with Gasteiger partial charge in [-0.15, -0.1) is 0 Å². The van der Waals surface area contributed by atoms with E-state index in [4.69, 9.17) is 18.9 Å². The number of aryl methyl sites for hydroxylation is 1. The van der Waals surface area contributed by atoms with Crippen molar-refractivity contribution < 1.29 is 27.7 Å². The number of halogens is 2. The zero-order chi connectivity index (χ0) is 20.6. The number of benzene rings is 1. The SMILES string of the molecule is CCCCC1COC(CCC2COC(c3ccc(CCC)c(F)c3F)OC2)OC1. The number of ether oxygens (including phenoxy) is 4. The summed E-state index contributed by atoms with van der Waals surface area (Å²) < 4.78 is 51.7. The normalized spacial score (nSPS) is 27.9. The Morgan fingerprint density at radius 1 is 0.793 bits per heavy atom. The number of hydrogen-bond donors (Lipinski definition) is 0. The molecule has 0 unspecified atom stereocenters. The van der Waals surface area contributed by atoms with E-state index in [1.807, 2.05) is 6.92 Å². The highest BCUT2D eigenvalue weighted by atomic mass is 19.2. The Bertz CT molecular complexity index is 624. The minimum Gasteiger partial charge on any atom is -0.352 e. The molecule has 164 valence electrons. The first-order valence-electron chi connectivity index (χ1n) is 11.1. The Hall–Kier alpha value is -1.08. The summed E-state index contributed by atoms with van der Waals surface area (Å²) in [6.07, 6.45) is 5.48. The summed E-state index contributed by atoms with van der Waals surface area (Å²) in [7, 11) is 0. The van der Waals surface area contributed by atoms with Crippen molar-refractivity contribution in [3.05, 3.63) is 34.9 Å². The summed E-state index contributed by atoms with van der Waals surface area (Å²) in [5.74, 6) is -0.945. The van der Waals surface area contributed by atoms with E-state index in [0.717, 1.165) is 38.9 Å². The van der Waals surface area contributed by atoms with Gasteiger partial charge in [0.15, 0.2) is 24.2 Å². The molecule has 0 spiro atoms. The second-order valence-corrected chi connectivity index (χ2v) is 8.24. The molecule has 0 aromatic heterocycles. The summed E-state index contributed by atoms with van der Waals surface area (Å²) in [5.41, 5.74) is 0.532. The molecule has 0 N–H and O–H groups in total. The van der Waals surface area contributed by atoms with E-state index in [1.54, 1.807) is 12.1 Å². The van der Waals surface area contributed by atoms with E-state index in [0.29, 0.717) is 31.1 Å². The van der Waals surface area contributed by atoms with Crippen LogP contribution in [0, 0.1) is 23.5 Å². The topological polar surface area (TPSA) is 36.9 Å². The van der Waals surface area contributed by atoms with Gasteiger partial charge in [-0.25, -0.2) is 8.78 Å². The van der Waals surface area contributed by atoms with Crippen molar-refractivity contribution in [2.75, 3.05) is 26.4 Å². The lowest BCUT2D eigenvalue weighted by molar-refractivity contribution is -0.221. The van der Waals surface area contributed by atoms with Crippen LogP contribution in [0.5, 0.6) is 0 Å². The first kappa shape index (κ1) is 22.6. The Kier molecular flexibility index (Phi) is 8.85. The second-order valence-electron chi connectivity index (χ2n) is 8.24. The van der Waals surface area contributed by atoms with Gasteiger partial charge >= 0.3 is 0 Å². The molecule has 2 fully saturated rings. The van der Waals surface area contributed by atoms with Crippen LogP contribution in [-0.2, 0) is 25.4 Å². The first-order valence-corrected chi connectivity index (χ1v) is 11.1. The molecular weight excluding hydrogens is 378 g/mol. The van der Waals surface area contributed by atoms with E-state index in [2.05, 4.69) is 6.92 Å². The molecule has 0 aliphatic carbocycles. The second kappa shape index (κ2) is 11.3. The Morgan fingerprint density at radius 2 is 1.45 bits per heavy atom. The third-order valence-electron chi connectivity index (χ3n) is 5.74. The molecule has 4 nitrogen and oxygen atoms in total. The van der Waals surface area contributed by atoms with Crippen molar-refractivity contribution in [2.24, 2.45) is 11.8 Å². The van der Waals surface area contributed by atoms with Gasteiger partial charge in [0.2, 0.25) is 0 Å². The zero-order valence-electron chi connectivity index (χ0n) is 17.6. The van der Waals surface area contributed by atoms with Crippen LogP contribution in [0.3, 0.4) is 0 Å². The predicted octanol–water partition coefficient (Wildman–Crippen LogP) is 5.54. The van der Waals surface area contributed by atoms with Crippen LogP contribution >= 0.6 is 0 Å². The molecule has 0 saturated carbocycles. The van der Waals surface area contributed by atoms with Gasteiger partial charge in [-0.05, 0) is 31.2 Å². The maximum Gasteiger partial charge on any atom is 0.186 e. The van der Waals surface area contributed by atoms with Gasteiger partial charge in [0, 0.05) is 17.4 Å². The van der Waals surface area contributed by atoms with E-state index in [1.165, 1.54) is 12.8 Å². The Labute approximate surface area is 172 Å². The first-order chi connectivity index (χ1) is 14.1. The van der Waals surface area contributed by atoms with Crippen molar-refractivity contribution in [2.45, 2.75) is 71.4 Å². The molecule has 1 aromatic carbocycles. The molecule has 0 atom stereocenters. The molecule has 0 bridgehead atoms. The Morgan fingerprint density at radius 3 is 2.10 bits per heavy atom. The summed E-state index contributed by atoms with van der Waals surface area (Å²) in [4.78, 5) is 0. The average Bonchev–Trinajstić information content (AvgIpc) is 2.75. The van der Waals surface area contributed by atoms with Crippen LogP contribution in [0.25, 0.3) is 0 Å². The average molecular weight is 413 g/mol. The monoisotopic (exact) mass is 412 g/mol. The molecular formula is C23H34F2O4. The molecule has 6 heteroatoms. The fourth-order valence-electron chi connectivity index (χ4n) is 3.92. The Balaban J connectivity index is 1.40. The van der Waals surface area contributed by atoms with E-state index in [-0.39, 0.29) is 17.8 Å². The molecule has 2 aliphatic heterocycles. The molecule has 2 heterocycles. The lowest BCUT2D eigenvalue weighted by atomic mass is 10.0. The van der Waals surface area contributed by atoms with Gasteiger partial charge in [-0.2, -0.15) is 0 Å². The molecule has 29 heavy (non-hydrogen) atoms. The van der Waals surface area contributed by atoms with Crippen LogP contribution in [0.1, 0.15) is 69.8 Å². The van der Waals surface area contributed by atoms with E-state index < -0.39 is 17.9 Å². The van der Waals surface area contributed by atoms with E-state index in [9.17, 15) is 8.78 Å². The molecule has 0 radical (unpaired) electrons. The van der Waals surface area contributed by atoms with Gasteiger partial charge in [-0.3, -0.25) is 0 Å². The molecule has 1 aromatic rings. The fourth-order valence-corrected chi connectivity index (χ4v) is 3.92. The van der Waals surface area contributed by atoms with Crippen LogP contribution in [0.15, 0.2) is 12.1 Å². The lowest BCUT2D eigenvalue weighted by Crippen LogP contribution is -2.34. The van der Waals surface area contributed by atoms with Crippen LogP contribution in [0.2, 0.25) is 0 Å². The van der Waals surface area contributed by atoms with Crippen molar-refractivity contribution in [3.63, 3.8) is 0 Å². The quantitative estimate of drug-likeness (QED) is 0.534. The van der Waals surface area contributed by atoms with Gasteiger partial charge in [0.25, 0.3) is 0 Å². The zero-order valence-corrected chi connectivity index (χ0v) is 17.6. The van der Waals surface area contributed by atoms with Crippen molar-refractivity contribution in [3.8, 4) is 0 Å². The number of rotatable bonds is 9. The molecule has 0 amide bonds. The highest BCUT2D eigenvalue weighted by molar-refractivity contribution is 5.27. The molecule has 2 saturated heterocycles. The third kappa shape index (κ3) is 6.20. The minimum absolute atomic E-state index is 0.137. The molecule has 2 aliphatic rings. The predicted molar refractivity (Wildman–Crippen MR) is 106 cm³/mol. The maximum absolute atomic E-state index is 14.4. The van der Waals surface area contributed by atoms with Crippen molar-refractivity contribution in [1.29, 1.82) is 0 Å². The smallest absolute Gasteiger partial charge is 0.186 e. The minimum atomic E-state index is -0.860. The van der Waals surface area contributed by atoms with Crippen LogP contribution in [0.4, 0.5) is 8.78 Å². The summed E-state index contributed by atoms with van der Waals surface area (Å²) in [6, 6.07) is 3.20. The van der Waals surface area contributed by atoms with Gasteiger partial charge in [0.1, 0.15) is 0 Å². The number of unbranched alkanes of at least 4 members (excludes halogenated alkanes) is 1.